The number of guanidine groups is 1. The molecule has 1 aromatic heterocycles. The number of hydrogen-bond donors (Lipinski definition) is 2. The lowest BCUT2D eigenvalue weighted by Crippen LogP contribution is -2.43. The minimum atomic E-state index is -0.220. The number of aromatic nitrogens is 1. The van der Waals surface area contributed by atoms with Crippen molar-refractivity contribution in [3.63, 3.8) is 0 Å². The third-order valence-corrected chi connectivity index (χ3v) is 4.59. The molecule has 6 heteroatoms. The first kappa shape index (κ1) is 19.9. The van der Waals surface area contributed by atoms with Crippen molar-refractivity contribution in [1.29, 1.82) is 0 Å². The highest BCUT2D eigenvalue weighted by Gasteiger charge is 2.21. The van der Waals surface area contributed by atoms with Crippen LogP contribution in [0.4, 0.5) is 4.39 Å². The molecule has 142 valence electrons. The van der Waals surface area contributed by atoms with Gasteiger partial charge in [-0.25, -0.2) is 4.39 Å². The first-order valence-electron chi connectivity index (χ1n) is 9.08. The van der Waals surface area contributed by atoms with Gasteiger partial charge < -0.3 is 15.2 Å². The zero-order valence-electron chi connectivity index (χ0n) is 16.3. The summed E-state index contributed by atoms with van der Waals surface area (Å²) in [5.41, 5.74) is 3.00. The zero-order valence-corrected chi connectivity index (χ0v) is 16.3. The van der Waals surface area contributed by atoms with Crippen LogP contribution in [0.25, 0.3) is 0 Å². The molecule has 0 saturated carbocycles. The van der Waals surface area contributed by atoms with Gasteiger partial charge in [-0.15, -0.1) is 0 Å². The molecule has 0 unspecified atom stereocenters. The third kappa shape index (κ3) is 4.84. The van der Waals surface area contributed by atoms with Gasteiger partial charge in [-0.1, -0.05) is 45.0 Å². The standard InChI is InChI=1S/C20H29FN4O/c1-6-17-16(18(7-2)26-25-17)12-23-19(22-5)24-13-20(3,4)14-8-10-15(21)11-9-14/h8-11H,6-7,12-13H2,1-5H3,(H2,22,23,24). The minimum absolute atomic E-state index is 0.161. The Hall–Kier alpha value is -2.37. The Labute approximate surface area is 155 Å². The molecule has 1 heterocycles. The first-order chi connectivity index (χ1) is 12.4. The van der Waals surface area contributed by atoms with Crippen molar-refractivity contribution in [3.05, 3.63) is 52.7 Å². The summed E-state index contributed by atoms with van der Waals surface area (Å²) >= 11 is 0. The lowest BCUT2D eigenvalue weighted by Gasteiger charge is -2.26. The number of hydrogen-bond acceptors (Lipinski definition) is 3. The van der Waals surface area contributed by atoms with Crippen LogP contribution in [0.5, 0.6) is 0 Å². The highest BCUT2D eigenvalue weighted by Crippen LogP contribution is 2.22. The highest BCUT2D eigenvalue weighted by molar-refractivity contribution is 5.79. The van der Waals surface area contributed by atoms with Gasteiger partial charge in [0, 0.05) is 37.5 Å². The summed E-state index contributed by atoms with van der Waals surface area (Å²) in [6.07, 6.45) is 1.65. The Balaban J connectivity index is 1.98. The number of aliphatic imine (C=N–C) groups is 1. The van der Waals surface area contributed by atoms with E-state index in [9.17, 15) is 4.39 Å². The van der Waals surface area contributed by atoms with E-state index in [1.54, 1.807) is 7.05 Å². The lowest BCUT2D eigenvalue weighted by atomic mass is 9.84. The van der Waals surface area contributed by atoms with Crippen LogP contribution >= 0.6 is 0 Å². The summed E-state index contributed by atoms with van der Waals surface area (Å²) in [6, 6.07) is 6.64. The summed E-state index contributed by atoms with van der Waals surface area (Å²) in [4.78, 5) is 4.29. The average molecular weight is 360 g/mol. The predicted octanol–water partition coefficient (Wildman–Crippen LogP) is 3.58. The van der Waals surface area contributed by atoms with E-state index in [2.05, 4.69) is 48.5 Å². The molecular formula is C20H29FN4O. The van der Waals surface area contributed by atoms with Gasteiger partial charge >= 0.3 is 0 Å². The van der Waals surface area contributed by atoms with Crippen LogP contribution in [0.3, 0.4) is 0 Å². The summed E-state index contributed by atoms with van der Waals surface area (Å²) in [6.45, 7) is 9.65. The monoisotopic (exact) mass is 360 g/mol. The van der Waals surface area contributed by atoms with E-state index >= 15 is 0 Å². The molecule has 0 aliphatic heterocycles. The molecule has 2 N–H and O–H groups in total. The van der Waals surface area contributed by atoms with Gasteiger partial charge in [0.15, 0.2) is 5.96 Å². The molecule has 26 heavy (non-hydrogen) atoms. The Morgan fingerprint density at radius 1 is 1.15 bits per heavy atom. The molecule has 5 nitrogen and oxygen atoms in total. The van der Waals surface area contributed by atoms with E-state index in [-0.39, 0.29) is 11.2 Å². The normalized spacial score (nSPS) is 12.3. The van der Waals surface area contributed by atoms with Gasteiger partial charge in [-0.2, -0.15) is 0 Å². The number of aryl methyl sites for hydroxylation is 2. The SMILES string of the molecule is CCc1noc(CC)c1CNC(=NC)NCC(C)(C)c1ccc(F)cc1. The van der Waals surface area contributed by atoms with Gasteiger partial charge in [0.2, 0.25) is 0 Å². The number of halogens is 1. The zero-order chi connectivity index (χ0) is 19.2. The van der Waals surface area contributed by atoms with E-state index in [1.165, 1.54) is 12.1 Å². The Kier molecular flexibility index (Phi) is 6.77. The molecule has 0 bridgehead atoms. The molecule has 2 rings (SSSR count). The molecular weight excluding hydrogens is 331 g/mol. The Bertz CT molecular complexity index is 713. The fourth-order valence-corrected chi connectivity index (χ4v) is 2.84. The third-order valence-electron chi connectivity index (χ3n) is 4.59. The fourth-order valence-electron chi connectivity index (χ4n) is 2.84. The van der Waals surface area contributed by atoms with Crippen molar-refractivity contribution in [1.82, 2.24) is 15.8 Å². The molecule has 0 amide bonds. The number of nitrogens with zero attached hydrogens (tertiary/aromatic N) is 2. The molecule has 0 saturated heterocycles. The highest BCUT2D eigenvalue weighted by atomic mass is 19.1. The summed E-state index contributed by atoms with van der Waals surface area (Å²) in [7, 11) is 1.75. The molecule has 2 aromatic rings. The van der Waals surface area contributed by atoms with Crippen LogP contribution in [0.1, 0.15) is 50.3 Å². The average Bonchev–Trinajstić information content (AvgIpc) is 3.04. The second kappa shape index (κ2) is 8.83. The molecule has 0 atom stereocenters. The fraction of sp³-hybridized carbons (Fsp3) is 0.500. The topological polar surface area (TPSA) is 62.5 Å². The van der Waals surface area contributed by atoms with E-state index in [0.29, 0.717) is 19.0 Å². The number of rotatable bonds is 7. The maximum absolute atomic E-state index is 13.1. The van der Waals surface area contributed by atoms with Crippen LogP contribution in [0.2, 0.25) is 0 Å². The van der Waals surface area contributed by atoms with Crippen LogP contribution in [0.15, 0.2) is 33.8 Å². The van der Waals surface area contributed by atoms with Gasteiger partial charge in [0.05, 0.1) is 5.69 Å². The van der Waals surface area contributed by atoms with E-state index in [4.69, 9.17) is 4.52 Å². The van der Waals surface area contributed by atoms with Gasteiger partial charge in [0.1, 0.15) is 11.6 Å². The number of benzene rings is 1. The number of nitrogens with one attached hydrogen (secondary N) is 2. The maximum atomic E-state index is 13.1. The smallest absolute Gasteiger partial charge is 0.191 e. The van der Waals surface area contributed by atoms with Gasteiger partial charge in [-0.3, -0.25) is 4.99 Å². The van der Waals surface area contributed by atoms with Crippen LogP contribution in [-0.2, 0) is 24.8 Å². The second-order valence-corrected chi connectivity index (χ2v) is 6.91. The van der Waals surface area contributed by atoms with E-state index < -0.39 is 0 Å². The van der Waals surface area contributed by atoms with Crippen molar-refractivity contribution in [2.45, 2.75) is 52.5 Å². The maximum Gasteiger partial charge on any atom is 0.191 e. The first-order valence-corrected chi connectivity index (χ1v) is 9.08. The van der Waals surface area contributed by atoms with E-state index in [1.807, 2.05) is 12.1 Å². The van der Waals surface area contributed by atoms with Crippen LogP contribution < -0.4 is 10.6 Å². The molecule has 0 radical (unpaired) electrons. The van der Waals surface area contributed by atoms with Gasteiger partial charge in [-0.05, 0) is 24.1 Å². The van der Waals surface area contributed by atoms with Crippen molar-refractivity contribution in [3.8, 4) is 0 Å². The summed E-state index contributed by atoms with van der Waals surface area (Å²) < 4.78 is 18.5. The molecule has 1 aromatic carbocycles. The van der Waals surface area contributed by atoms with Crippen molar-refractivity contribution in [2.75, 3.05) is 13.6 Å². The quantitative estimate of drug-likeness (QED) is 0.585. The van der Waals surface area contributed by atoms with Gasteiger partial charge in [0.25, 0.3) is 0 Å². The molecule has 0 aliphatic carbocycles. The van der Waals surface area contributed by atoms with Crippen LogP contribution in [0, 0.1) is 5.82 Å². The predicted molar refractivity (Wildman–Crippen MR) is 103 cm³/mol. The molecule has 0 spiro atoms. The largest absolute Gasteiger partial charge is 0.361 e. The van der Waals surface area contributed by atoms with Crippen molar-refractivity contribution >= 4 is 5.96 Å². The molecule has 0 aliphatic rings. The van der Waals surface area contributed by atoms with Crippen molar-refractivity contribution in [2.24, 2.45) is 4.99 Å². The molecule has 0 fully saturated rings. The van der Waals surface area contributed by atoms with Crippen LogP contribution in [-0.4, -0.2) is 24.7 Å². The minimum Gasteiger partial charge on any atom is -0.361 e. The Morgan fingerprint density at radius 2 is 1.85 bits per heavy atom. The summed E-state index contributed by atoms with van der Waals surface area (Å²) in [5, 5.41) is 10.8. The van der Waals surface area contributed by atoms with E-state index in [0.717, 1.165) is 35.4 Å². The second-order valence-electron chi connectivity index (χ2n) is 6.91. The summed E-state index contributed by atoms with van der Waals surface area (Å²) in [5.74, 6) is 1.41. The Morgan fingerprint density at radius 3 is 2.42 bits per heavy atom. The lowest BCUT2D eigenvalue weighted by molar-refractivity contribution is 0.380. The van der Waals surface area contributed by atoms with Crippen molar-refractivity contribution < 1.29 is 8.91 Å².